The fraction of sp³-hybridized carbons (Fsp3) is 0.481. The number of nitrogens with two attached hydrogens (primary N) is 1. The third kappa shape index (κ3) is 4.53. The molecular formula is C27H35N3O. The summed E-state index contributed by atoms with van der Waals surface area (Å²) in [5, 5.41) is 1.11. The van der Waals surface area contributed by atoms with Crippen molar-refractivity contribution < 1.29 is 4.79 Å². The van der Waals surface area contributed by atoms with E-state index in [1.807, 2.05) is 18.2 Å². The molecule has 4 rings (SSSR count). The predicted octanol–water partition coefficient (Wildman–Crippen LogP) is 6.42. The van der Waals surface area contributed by atoms with E-state index in [2.05, 4.69) is 36.6 Å². The molecule has 164 valence electrons. The molecule has 4 nitrogen and oxygen atoms in total. The van der Waals surface area contributed by atoms with Gasteiger partial charge in [0.1, 0.15) is 0 Å². The molecule has 0 radical (unpaired) electrons. The van der Waals surface area contributed by atoms with Gasteiger partial charge in [-0.2, -0.15) is 0 Å². The van der Waals surface area contributed by atoms with Gasteiger partial charge >= 0.3 is 0 Å². The fourth-order valence-corrected chi connectivity index (χ4v) is 5.26. The molecule has 1 aromatic carbocycles. The van der Waals surface area contributed by atoms with Crippen LogP contribution in [0.5, 0.6) is 0 Å². The van der Waals surface area contributed by atoms with Gasteiger partial charge in [0.2, 0.25) is 0 Å². The highest BCUT2D eigenvalue weighted by Crippen LogP contribution is 2.36. The summed E-state index contributed by atoms with van der Waals surface area (Å²) in [4.78, 5) is 17.6. The van der Waals surface area contributed by atoms with Crippen LogP contribution in [-0.4, -0.2) is 15.5 Å². The number of pyridine rings is 1. The summed E-state index contributed by atoms with van der Waals surface area (Å²) in [5.41, 5.74) is 11.6. The lowest BCUT2D eigenvalue weighted by Gasteiger charge is -2.24. The molecule has 1 amide bonds. The number of nitrogens with zero attached hydrogens (tertiary/aromatic N) is 2. The summed E-state index contributed by atoms with van der Waals surface area (Å²) in [5.74, 6) is 0.338. The molecule has 1 aliphatic rings. The average Bonchev–Trinajstić information content (AvgIpc) is 3.06. The molecule has 0 atom stereocenters. The van der Waals surface area contributed by atoms with Crippen molar-refractivity contribution in [1.29, 1.82) is 0 Å². The Hall–Kier alpha value is -2.62. The highest BCUT2D eigenvalue weighted by Gasteiger charge is 2.27. The number of para-hydroxylation sites is 1. The minimum atomic E-state index is -0.346. The average molecular weight is 418 g/mol. The summed E-state index contributed by atoms with van der Waals surface area (Å²) >= 11 is 0. The number of aromatic nitrogens is 2. The molecule has 2 N–H and O–H groups in total. The number of hydrogen-bond acceptors (Lipinski definition) is 2. The molecule has 1 aliphatic carbocycles. The van der Waals surface area contributed by atoms with E-state index in [1.165, 1.54) is 50.6 Å². The first-order valence-electron chi connectivity index (χ1n) is 12.0. The SMILES string of the molecule is CCCCCc1c(-c2ccc3ccccc3n2)c(C(N)=O)c(C)n1CC1CCCCC1. The van der Waals surface area contributed by atoms with E-state index in [9.17, 15) is 4.79 Å². The van der Waals surface area contributed by atoms with E-state index in [4.69, 9.17) is 10.7 Å². The Bertz CT molecular complexity index is 1060. The molecule has 0 unspecified atom stereocenters. The van der Waals surface area contributed by atoms with Crippen molar-refractivity contribution in [3.8, 4) is 11.3 Å². The molecule has 2 aromatic heterocycles. The van der Waals surface area contributed by atoms with Gasteiger partial charge < -0.3 is 10.3 Å². The third-order valence-corrected chi connectivity index (χ3v) is 6.91. The van der Waals surface area contributed by atoms with Crippen LogP contribution in [0.25, 0.3) is 22.2 Å². The first kappa shape index (κ1) is 21.6. The molecule has 0 aliphatic heterocycles. The van der Waals surface area contributed by atoms with Crippen molar-refractivity contribution in [3.63, 3.8) is 0 Å². The number of amides is 1. The second-order valence-electron chi connectivity index (χ2n) is 9.11. The summed E-state index contributed by atoms with van der Waals surface area (Å²) in [6, 6.07) is 12.3. The Morgan fingerprint density at radius 2 is 1.87 bits per heavy atom. The topological polar surface area (TPSA) is 60.9 Å². The van der Waals surface area contributed by atoms with E-state index in [0.717, 1.165) is 47.2 Å². The molecule has 4 heteroatoms. The summed E-state index contributed by atoms with van der Waals surface area (Å²) < 4.78 is 2.41. The van der Waals surface area contributed by atoms with Gasteiger partial charge in [-0.05, 0) is 50.7 Å². The van der Waals surface area contributed by atoms with E-state index in [-0.39, 0.29) is 5.91 Å². The quantitative estimate of drug-likeness (QED) is 0.430. The predicted molar refractivity (Wildman–Crippen MR) is 128 cm³/mol. The lowest BCUT2D eigenvalue weighted by atomic mass is 9.89. The van der Waals surface area contributed by atoms with Crippen LogP contribution in [0.15, 0.2) is 36.4 Å². The van der Waals surface area contributed by atoms with Crippen LogP contribution in [-0.2, 0) is 13.0 Å². The van der Waals surface area contributed by atoms with Crippen molar-refractivity contribution in [2.75, 3.05) is 0 Å². The first-order chi connectivity index (χ1) is 15.1. The Morgan fingerprint density at radius 1 is 1.10 bits per heavy atom. The van der Waals surface area contributed by atoms with Crippen LogP contribution in [0.3, 0.4) is 0 Å². The molecular weight excluding hydrogens is 382 g/mol. The van der Waals surface area contributed by atoms with Gasteiger partial charge in [0.25, 0.3) is 5.91 Å². The normalized spacial score (nSPS) is 14.9. The van der Waals surface area contributed by atoms with Crippen molar-refractivity contribution >= 4 is 16.8 Å². The Morgan fingerprint density at radius 3 is 2.61 bits per heavy atom. The van der Waals surface area contributed by atoms with Gasteiger partial charge in [-0.1, -0.05) is 63.3 Å². The third-order valence-electron chi connectivity index (χ3n) is 6.91. The summed E-state index contributed by atoms with van der Waals surface area (Å²) in [6.07, 6.45) is 11.0. The van der Waals surface area contributed by atoms with Crippen LogP contribution in [0, 0.1) is 12.8 Å². The molecule has 0 bridgehead atoms. The maximum absolute atomic E-state index is 12.6. The zero-order chi connectivity index (χ0) is 21.8. The first-order valence-corrected chi connectivity index (χ1v) is 12.0. The zero-order valence-electron chi connectivity index (χ0n) is 19.0. The Balaban J connectivity index is 1.85. The molecule has 3 aromatic rings. The Kier molecular flexibility index (Phi) is 6.74. The van der Waals surface area contributed by atoms with Gasteiger partial charge in [0.15, 0.2) is 0 Å². The zero-order valence-corrected chi connectivity index (χ0v) is 19.0. The van der Waals surface area contributed by atoms with Crippen LogP contribution in [0.4, 0.5) is 0 Å². The number of fused-ring (bicyclic) bond motifs is 1. The minimum absolute atomic E-state index is 0.346. The highest BCUT2D eigenvalue weighted by molar-refractivity contribution is 6.02. The van der Waals surface area contributed by atoms with E-state index < -0.39 is 0 Å². The standard InChI is InChI=1S/C27H35N3O/c1-3-4-6-15-24-26(23-17-16-21-13-9-10-14-22(21)29-23)25(27(28)31)19(2)30(24)18-20-11-7-5-8-12-20/h9-10,13-14,16-17,20H,3-8,11-12,15,18H2,1-2H3,(H2,28,31). The molecule has 0 saturated heterocycles. The molecule has 1 fully saturated rings. The smallest absolute Gasteiger partial charge is 0.251 e. The largest absolute Gasteiger partial charge is 0.366 e. The molecule has 2 heterocycles. The number of benzene rings is 1. The maximum atomic E-state index is 12.6. The molecule has 0 spiro atoms. The van der Waals surface area contributed by atoms with E-state index >= 15 is 0 Å². The van der Waals surface area contributed by atoms with Gasteiger partial charge in [-0.15, -0.1) is 0 Å². The molecule has 1 saturated carbocycles. The van der Waals surface area contributed by atoms with Crippen LogP contribution < -0.4 is 5.73 Å². The summed E-state index contributed by atoms with van der Waals surface area (Å²) in [7, 11) is 0. The second kappa shape index (κ2) is 9.67. The Labute approximate surface area is 185 Å². The number of carbonyl (C=O) groups excluding carboxylic acids is 1. The number of hydrogen-bond donors (Lipinski definition) is 1. The van der Waals surface area contributed by atoms with Crippen LogP contribution in [0.1, 0.15) is 80.0 Å². The highest BCUT2D eigenvalue weighted by atomic mass is 16.1. The van der Waals surface area contributed by atoms with Gasteiger partial charge in [0, 0.05) is 28.9 Å². The lowest BCUT2D eigenvalue weighted by molar-refractivity contribution is 0.1000. The molecule has 31 heavy (non-hydrogen) atoms. The number of unbranched alkanes of at least 4 members (excludes halogenated alkanes) is 2. The van der Waals surface area contributed by atoms with Crippen molar-refractivity contribution in [3.05, 3.63) is 53.3 Å². The number of primary amides is 1. The number of carbonyl (C=O) groups is 1. The van der Waals surface area contributed by atoms with Crippen molar-refractivity contribution in [2.45, 2.75) is 78.2 Å². The fourth-order valence-electron chi connectivity index (χ4n) is 5.26. The maximum Gasteiger partial charge on any atom is 0.251 e. The van der Waals surface area contributed by atoms with Gasteiger partial charge in [-0.25, -0.2) is 4.98 Å². The van der Waals surface area contributed by atoms with E-state index in [1.54, 1.807) is 0 Å². The summed E-state index contributed by atoms with van der Waals surface area (Å²) in [6.45, 7) is 5.28. The van der Waals surface area contributed by atoms with Gasteiger partial charge in [0.05, 0.1) is 16.8 Å². The van der Waals surface area contributed by atoms with Crippen LogP contribution in [0.2, 0.25) is 0 Å². The second-order valence-corrected chi connectivity index (χ2v) is 9.11. The number of rotatable bonds is 8. The van der Waals surface area contributed by atoms with Crippen molar-refractivity contribution in [1.82, 2.24) is 9.55 Å². The lowest BCUT2D eigenvalue weighted by Crippen LogP contribution is -2.18. The van der Waals surface area contributed by atoms with Crippen molar-refractivity contribution in [2.24, 2.45) is 11.7 Å². The van der Waals surface area contributed by atoms with Crippen LogP contribution >= 0.6 is 0 Å². The minimum Gasteiger partial charge on any atom is -0.366 e. The monoisotopic (exact) mass is 417 g/mol. The van der Waals surface area contributed by atoms with Gasteiger partial charge in [-0.3, -0.25) is 4.79 Å². The van der Waals surface area contributed by atoms with E-state index in [0.29, 0.717) is 11.5 Å².